The molecule has 1 amide bonds. The molecule has 3 aromatic rings. The van der Waals surface area contributed by atoms with E-state index in [4.69, 9.17) is 4.74 Å². The molecule has 10 nitrogen and oxygen atoms in total. The van der Waals surface area contributed by atoms with E-state index in [1.165, 1.54) is 12.0 Å². The van der Waals surface area contributed by atoms with E-state index in [2.05, 4.69) is 52.9 Å². The second-order valence-corrected chi connectivity index (χ2v) is 8.73. The number of H-pyrrole nitrogens is 1. The number of imidazole rings is 1. The minimum absolute atomic E-state index is 0.00445. The summed E-state index contributed by atoms with van der Waals surface area (Å²) in [4.78, 5) is 30.7. The van der Waals surface area contributed by atoms with Crippen LogP contribution in [0.25, 0.3) is 11.2 Å². The van der Waals surface area contributed by atoms with E-state index >= 15 is 0 Å². The SMILES string of the molecule is CNc1nc(Nc2cccc(CN3CCC(OC(=O)NC4CCC4)CC3)c2)nc2nc[nH]c12. The molecule has 0 spiro atoms. The lowest BCUT2D eigenvalue weighted by Crippen LogP contribution is -2.43. The monoisotopic (exact) mass is 450 g/mol. The Hall–Kier alpha value is -3.40. The van der Waals surface area contributed by atoms with Gasteiger partial charge in [0, 0.05) is 38.4 Å². The molecule has 1 saturated heterocycles. The van der Waals surface area contributed by atoms with Crippen LogP contribution in [0, 0.1) is 0 Å². The van der Waals surface area contributed by atoms with Crippen molar-refractivity contribution < 1.29 is 9.53 Å². The number of likely N-dealkylation sites (tertiary alicyclic amines) is 1. The number of hydrogen-bond acceptors (Lipinski definition) is 8. The van der Waals surface area contributed by atoms with E-state index in [1.54, 1.807) is 6.33 Å². The molecule has 1 saturated carbocycles. The summed E-state index contributed by atoms with van der Waals surface area (Å²) in [6.07, 6.45) is 6.42. The molecule has 0 bridgehead atoms. The lowest BCUT2D eigenvalue weighted by atomic mass is 9.93. The Morgan fingerprint density at radius 1 is 1.21 bits per heavy atom. The molecule has 10 heteroatoms. The van der Waals surface area contributed by atoms with Crippen LogP contribution in [0.1, 0.15) is 37.7 Å². The Kier molecular flexibility index (Phi) is 6.25. The first-order valence-electron chi connectivity index (χ1n) is 11.6. The van der Waals surface area contributed by atoms with Gasteiger partial charge < -0.3 is 25.7 Å². The van der Waals surface area contributed by atoms with Gasteiger partial charge in [-0.3, -0.25) is 4.90 Å². The molecule has 3 heterocycles. The number of alkyl carbamates (subject to hydrolysis) is 1. The maximum Gasteiger partial charge on any atom is 0.407 e. The predicted octanol–water partition coefficient (Wildman–Crippen LogP) is 3.38. The van der Waals surface area contributed by atoms with Crippen LogP contribution < -0.4 is 16.0 Å². The molecule has 174 valence electrons. The highest BCUT2D eigenvalue weighted by molar-refractivity contribution is 5.84. The van der Waals surface area contributed by atoms with Gasteiger partial charge in [-0.2, -0.15) is 9.97 Å². The number of nitrogens with one attached hydrogen (secondary N) is 4. The van der Waals surface area contributed by atoms with Gasteiger partial charge in [0.05, 0.1) is 6.33 Å². The van der Waals surface area contributed by atoms with Crippen LogP contribution in [-0.2, 0) is 11.3 Å². The quantitative estimate of drug-likeness (QED) is 0.432. The fraction of sp³-hybridized carbons (Fsp3) is 0.478. The second-order valence-electron chi connectivity index (χ2n) is 8.73. The Bertz CT molecular complexity index is 1100. The number of hydrogen-bond donors (Lipinski definition) is 4. The van der Waals surface area contributed by atoms with Crippen LogP contribution in [-0.4, -0.2) is 63.2 Å². The molecule has 1 aromatic carbocycles. The van der Waals surface area contributed by atoms with Crippen molar-refractivity contribution >= 4 is 34.7 Å². The van der Waals surface area contributed by atoms with Crippen LogP contribution in [0.4, 0.5) is 22.2 Å². The van der Waals surface area contributed by atoms with E-state index < -0.39 is 0 Å². The van der Waals surface area contributed by atoms with Gasteiger partial charge in [-0.15, -0.1) is 0 Å². The molecule has 4 N–H and O–H groups in total. The van der Waals surface area contributed by atoms with Gasteiger partial charge in [-0.05, 0) is 49.8 Å². The minimum atomic E-state index is -0.256. The van der Waals surface area contributed by atoms with Crippen molar-refractivity contribution in [2.75, 3.05) is 30.8 Å². The number of anilines is 3. The molecule has 0 atom stereocenters. The van der Waals surface area contributed by atoms with Crippen LogP contribution in [0.2, 0.25) is 0 Å². The number of ether oxygens (including phenoxy) is 1. The fourth-order valence-corrected chi connectivity index (χ4v) is 4.29. The van der Waals surface area contributed by atoms with Crippen molar-refractivity contribution in [2.24, 2.45) is 0 Å². The molecule has 1 aliphatic heterocycles. The van der Waals surface area contributed by atoms with Crippen molar-refractivity contribution in [3.63, 3.8) is 0 Å². The molecule has 0 unspecified atom stereocenters. The minimum Gasteiger partial charge on any atom is -0.446 e. The van der Waals surface area contributed by atoms with Gasteiger partial charge in [-0.25, -0.2) is 9.78 Å². The topological polar surface area (TPSA) is 120 Å². The number of carbonyl (C=O) groups excluding carboxylic acids is 1. The van der Waals surface area contributed by atoms with E-state index in [9.17, 15) is 4.79 Å². The highest BCUT2D eigenvalue weighted by Gasteiger charge is 2.25. The third-order valence-electron chi connectivity index (χ3n) is 6.35. The Balaban J connectivity index is 1.15. The maximum absolute atomic E-state index is 12.0. The first-order valence-corrected chi connectivity index (χ1v) is 11.6. The molecule has 33 heavy (non-hydrogen) atoms. The second kappa shape index (κ2) is 9.62. The average molecular weight is 451 g/mol. The smallest absolute Gasteiger partial charge is 0.407 e. The van der Waals surface area contributed by atoms with Crippen LogP contribution in [0.15, 0.2) is 30.6 Å². The van der Waals surface area contributed by atoms with Crippen molar-refractivity contribution in [1.82, 2.24) is 30.2 Å². The zero-order valence-corrected chi connectivity index (χ0v) is 18.8. The van der Waals surface area contributed by atoms with Crippen molar-refractivity contribution in [1.29, 1.82) is 0 Å². The largest absolute Gasteiger partial charge is 0.446 e. The van der Waals surface area contributed by atoms with Gasteiger partial charge in [0.1, 0.15) is 11.6 Å². The van der Waals surface area contributed by atoms with E-state index in [0.717, 1.165) is 56.5 Å². The van der Waals surface area contributed by atoms with Crippen LogP contribution in [0.5, 0.6) is 0 Å². The summed E-state index contributed by atoms with van der Waals surface area (Å²) in [6, 6.07) is 8.59. The van der Waals surface area contributed by atoms with Gasteiger partial charge in [0.25, 0.3) is 0 Å². The average Bonchev–Trinajstić information content (AvgIpc) is 3.26. The van der Waals surface area contributed by atoms with E-state index in [1.807, 2.05) is 19.2 Å². The third-order valence-corrected chi connectivity index (χ3v) is 6.35. The summed E-state index contributed by atoms with van der Waals surface area (Å²) in [7, 11) is 1.82. The number of piperidine rings is 1. The van der Waals surface area contributed by atoms with Crippen molar-refractivity contribution in [3.05, 3.63) is 36.2 Å². The normalized spacial score (nSPS) is 17.5. The molecule has 1 aliphatic carbocycles. The van der Waals surface area contributed by atoms with Gasteiger partial charge >= 0.3 is 6.09 Å². The maximum atomic E-state index is 12.0. The summed E-state index contributed by atoms with van der Waals surface area (Å²) in [5.74, 6) is 1.19. The van der Waals surface area contributed by atoms with E-state index in [0.29, 0.717) is 23.5 Å². The lowest BCUT2D eigenvalue weighted by molar-refractivity contribution is 0.0452. The summed E-state index contributed by atoms with van der Waals surface area (Å²) < 4.78 is 5.61. The van der Waals surface area contributed by atoms with E-state index in [-0.39, 0.29) is 12.2 Å². The molecule has 2 aromatic heterocycles. The number of fused-ring (bicyclic) bond motifs is 1. The van der Waals surface area contributed by atoms with Crippen LogP contribution in [0.3, 0.4) is 0 Å². The molecule has 5 rings (SSSR count). The van der Waals surface area contributed by atoms with Crippen LogP contribution >= 0.6 is 0 Å². The standard InChI is InChI=1S/C23H30N8O2/c1-24-20-19-21(26-14-25-19)30-22(29-20)27-17-7-2-4-15(12-17)13-31-10-8-18(9-11-31)33-23(32)28-16-5-3-6-16/h2,4,7,12,14,16,18H,3,5-6,8-11,13H2,1H3,(H,28,32)(H3,24,25,26,27,29,30). The number of aromatic nitrogens is 4. The van der Waals surface area contributed by atoms with Crippen molar-refractivity contribution in [2.45, 2.75) is 50.8 Å². The summed E-state index contributed by atoms with van der Waals surface area (Å²) >= 11 is 0. The summed E-state index contributed by atoms with van der Waals surface area (Å²) in [5.41, 5.74) is 3.52. The predicted molar refractivity (Wildman–Crippen MR) is 127 cm³/mol. The van der Waals surface area contributed by atoms with Gasteiger partial charge in [0.15, 0.2) is 11.5 Å². The van der Waals surface area contributed by atoms with Crippen molar-refractivity contribution in [3.8, 4) is 0 Å². The zero-order valence-electron chi connectivity index (χ0n) is 18.8. The number of amides is 1. The molecule has 0 radical (unpaired) electrons. The molecule has 2 aliphatic rings. The van der Waals surface area contributed by atoms with Gasteiger partial charge in [0.2, 0.25) is 5.95 Å². The molecule has 2 fully saturated rings. The zero-order chi connectivity index (χ0) is 22.6. The number of aromatic amines is 1. The number of nitrogens with zero attached hydrogens (tertiary/aromatic N) is 4. The number of benzene rings is 1. The number of carbonyl (C=O) groups is 1. The molecular weight excluding hydrogens is 420 g/mol. The highest BCUT2D eigenvalue weighted by atomic mass is 16.6. The fourth-order valence-electron chi connectivity index (χ4n) is 4.29. The molecular formula is C23H30N8O2. The first-order chi connectivity index (χ1) is 16.2. The number of rotatable bonds is 7. The third kappa shape index (κ3) is 5.16. The van der Waals surface area contributed by atoms with Gasteiger partial charge in [-0.1, -0.05) is 12.1 Å². The first kappa shape index (κ1) is 21.4. The highest BCUT2D eigenvalue weighted by Crippen LogP contribution is 2.23. The lowest BCUT2D eigenvalue weighted by Gasteiger charge is -2.32. The summed E-state index contributed by atoms with van der Waals surface area (Å²) in [6.45, 7) is 2.66. The summed E-state index contributed by atoms with van der Waals surface area (Å²) in [5, 5.41) is 9.32. The Labute approximate surface area is 192 Å². The Morgan fingerprint density at radius 3 is 2.82 bits per heavy atom. The Morgan fingerprint density at radius 2 is 2.06 bits per heavy atom.